The zero-order chi connectivity index (χ0) is 18.5. The number of carbonyl (C=O) groups is 2. The van der Waals surface area contributed by atoms with Crippen molar-refractivity contribution < 1.29 is 9.59 Å². The Morgan fingerprint density at radius 2 is 1.73 bits per heavy atom. The van der Waals surface area contributed by atoms with Gasteiger partial charge < -0.3 is 5.32 Å². The maximum Gasteiger partial charge on any atom is 0.226 e. The van der Waals surface area contributed by atoms with Crippen LogP contribution >= 0.6 is 22.9 Å². The Morgan fingerprint density at radius 3 is 2.42 bits per heavy atom. The summed E-state index contributed by atoms with van der Waals surface area (Å²) in [6.07, 6.45) is 0.298. The van der Waals surface area contributed by atoms with Gasteiger partial charge in [0.15, 0.2) is 10.9 Å². The number of benzene rings is 2. The van der Waals surface area contributed by atoms with Crippen molar-refractivity contribution in [3.8, 4) is 11.3 Å². The van der Waals surface area contributed by atoms with E-state index in [9.17, 15) is 9.59 Å². The third kappa shape index (κ3) is 4.56. The van der Waals surface area contributed by atoms with Crippen molar-refractivity contribution in [2.24, 2.45) is 0 Å². The van der Waals surface area contributed by atoms with Gasteiger partial charge in [0, 0.05) is 33.9 Å². The van der Waals surface area contributed by atoms with Crippen molar-refractivity contribution in [1.29, 1.82) is 0 Å². The minimum Gasteiger partial charge on any atom is -0.302 e. The minimum atomic E-state index is -0.217. The van der Waals surface area contributed by atoms with Gasteiger partial charge in [0.2, 0.25) is 5.91 Å². The van der Waals surface area contributed by atoms with E-state index >= 15 is 0 Å². The maximum absolute atomic E-state index is 12.1. The number of hydrogen-bond donors (Lipinski definition) is 1. The summed E-state index contributed by atoms with van der Waals surface area (Å²) in [7, 11) is 0. The van der Waals surface area contributed by atoms with Crippen LogP contribution in [0.4, 0.5) is 5.13 Å². The number of ketones is 1. The molecule has 3 rings (SSSR count). The molecule has 1 heterocycles. The molecule has 26 heavy (non-hydrogen) atoms. The molecule has 0 aliphatic heterocycles. The first-order chi connectivity index (χ1) is 12.5. The van der Waals surface area contributed by atoms with Crippen LogP contribution in [-0.4, -0.2) is 16.7 Å². The van der Waals surface area contributed by atoms with Gasteiger partial charge in [0.25, 0.3) is 0 Å². The zero-order valence-electron chi connectivity index (χ0n) is 14.2. The number of anilines is 1. The van der Waals surface area contributed by atoms with Gasteiger partial charge in [-0.1, -0.05) is 54.1 Å². The van der Waals surface area contributed by atoms with E-state index in [1.165, 1.54) is 11.3 Å². The highest BCUT2D eigenvalue weighted by Gasteiger charge is 2.13. The van der Waals surface area contributed by atoms with Crippen molar-refractivity contribution in [1.82, 2.24) is 4.98 Å². The van der Waals surface area contributed by atoms with Crippen LogP contribution in [-0.2, 0) is 4.79 Å². The van der Waals surface area contributed by atoms with Crippen LogP contribution in [0.5, 0.6) is 0 Å². The van der Waals surface area contributed by atoms with Gasteiger partial charge in [-0.05, 0) is 19.1 Å². The van der Waals surface area contributed by atoms with E-state index in [-0.39, 0.29) is 24.5 Å². The Bertz CT molecular complexity index is 921. The third-order valence-corrected chi connectivity index (χ3v) is 4.97. The summed E-state index contributed by atoms with van der Waals surface area (Å²) in [4.78, 5) is 29.7. The summed E-state index contributed by atoms with van der Waals surface area (Å²) in [5.74, 6) is -0.261. The SMILES string of the molecule is Cc1sc(NC(=O)CCC(=O)c2ccccc2)nc1-c1ccc(Cl)cc1. The van der Waals surface area contributed by atoms with Crippen molar-refractivity contribution in [3.63, 3.8) is 0 Å². The van der Waals surface area contributed by atoms with Gasteiger partial charge in [-0.25, -0.2) is 4.98 Å². The van der Waals surface area contributed by atoms with Crippen LogP contribution < -0.4 is 5.32 Å². The quantitative estimate of drug-likeness (QED) is 0.581. The fourth-order valence-electron chi connectivity index (χ4n) is 2.50. The summed E-state index contributed by atoms with van der Waals surface area (Å²) >= 11 is 7.33. The molecule has 4 nitrogen and oxygen atoms in total. The van der Waals surface area contributed by atoms with Crippen molar-refractivity contribution in [2.75, 3.05) is 5.32 Å². The fraction of sp³-hybridized carbons (Fsp3) is 0.150. The molecule has 0 radical (unpaired) electrons. The lowest BCUT2D eigenvalue weighted by Crippen LogP contribution is -2.13. The minimum absolute atomic E-state index is 0.0436. The summed E-state index contributed by atoms with van der Waals surface area (Å²) < 4.78 is 0. The first-order valence-electron chi connectivity index (χ1n) is 8.14. The second kappa shape index (κ2) is 8.25. The number of Topliss-reactive ketones (excluding diaryl/α,β-unsaturated/α-hetero) is 1. The number of carbonyl (C=O) groups excluding carboxylic acids is 2. The molecule has 0 saturated heterocycles. The van der Waals surface area contributed by atoms with E-state index in [2.05, 4.69) is 10.3 Å². The van der Waals surface area contributed by atoms with Crippen molar-refractivity contribution >= 4 is 39.8 Å². The number of halogens is 1. The first kappa shape index (κ1) is 18.3. The Labute approximate surface area is 160 Å². The van der Waals surface area contributed by atoms with E-state index in [0.717, 1.165) is 16.1 Å². The maximum atomic E-state index is 12.1. The summed E-state index contributed by atoms with van der Waals surface area (Å²) in [6.45, 7) is 1.95. The number of nitrogens with zero attached hydrogens (tertiary/aromatic N) is 1. The van der Waals surface area contributed by atoms with E-state index in [4.69, 9.17) is 11.6 Å². The van der Waals surface area contributed by atoms with Gasteiger partial charge in [-0.2, -0.15) is 0 Å². The molecule has 3 aromatic rings. The molecule has 132 valence electrons. The molecule has 0 aliphatic carbocycles. The lowest BCUT2D eigenvalue weighted by molar-refractivity contribution is -0.116. The molecule has 0 unspecified atom stereocenters. The Balaban J connectivity index is 1.60. The molecule has 0 saturated carbocycles. The standard InChI is InChI=1S/C20H17ClN2O2S/c1-13-19(15-7-9-16(21)10-8-15)23-20(26-13)22-18(25)12-11-17(24)14-5-3-2-4-6-14/h2-10H,11-12H2,1H3,(H,22,23,25). The van der Waals surface area contributed by atoms with E-state index in [0.29, 0.717) is 15.7 Å². The van der Waals surface area contributed by atoms with Crippen molar-refractivity contribution in [2.45, 2.75) is 19.8 Å². The molecule has 6 heteroatoms. The Hall–Kier alpha value is -2.50. The fourth-order valence-corrected chi connectivity index (χ4v) is 3.48. The molecule has 1 N–H and O–H groups in total. The first-order valence-corrected chi connectivity index (χ1v) is 9.34. The van der Waals surface area contributed by atoms with Crippen molar-refractivity contribution in [3.05, 3.63) is 70.1 Å². The second-order valence-corrected chi connectivity index (χ2v) is 7.41. The van der Waals surface area contributed by atoms with Crippen LogP contribution in [0.3, 0.4) is 0 Å². The summed E-state index contributed by atoms with van der Waals surface area (Å²) in [6, 6.07) is 16.4. The third-order valence-electron chi connectivity index (χ3n) is 3.84. The molecule has 1 aromatic heterocycles. The highest BCUT2D eigenvalue weighted by atomic mass is 35.5. The average molecular weight is 385 g/mol. The van der Waals surface area contributed by atoms with Gasteiger partial charge in [0.05, 0.1) is 5.69 Å². The molecular formula is C20H17ClN2O2S. The number of aromatic nitrogens is 1. The number of nitrogens with one attached hydrogen (secondary N) is 1. The largest absolute Gasteiger partial charge is 0.302 e. The van der Waals surface area contributed by atoms with Crippen LogP contribution in [0.2, 0.25) is 5.02 Å². The molecule has 0 aliphatic rings. The molecule has 2 aromatic carbocycles. The van der Waals surface area contributed by atoms with Gasteiger partial charge in [-0.3, -0.25) is 9.59 Å². The number of hydrogen-bond acceptors (Lipinski definition) is 4. The number of aryl methyl sites for hydroxylation is 1. The molecule has 1 amide bonds. The predicted octanol–water partition coefficient (Wildman–Crippen LogP) is 5.37. The monoisotopic (exact) mass is 384 g/mol. The second-order valence-electron chi connectivity index (χ2n) is 5.77. The van der Waals surface area contributed by atoms with Gasteiger partial charge in [0.1, 0.15) is 0 Å². The zero-order valence-corrected chi connectivity index (χ0v) is 15.7. The molecule has 0 spiro atoms. The van der Waals surface area contributed by atoms with E-state index in [1.54, 1.807) is 12.1 Å². The normalized spacial score (nSPS) is 10.5. The highest BCUT2D eigenvalue weighted by Crippen LogP contribution is 2.31. The van der Waals surface area contributed by atoms with E-state index < -0.39 is 0 Å². The number of amides is 1. The van der Waals surface area contributed by atoms with Crippen LogP contribution in [0.25, 0.3) is 11.3 Å². The Morgan fingerprint density at radius 1 is 1.04 bits per heavy atom. The topological polar surface area (TPSA) is 59.1 Å². The molecule has 0 bridgehead atoms. The molecular weight excluding hydrogens is 368 g/mol. The predicted molar refractivity (Wildman–Crippen MR) is 106 cm³/mol. The smallest absolute Gasteiger partial charge is 0.226 e. The number of rotatable bonds is 6. The lowest BCUT2D eigenvalue weighted by atomic mass is 10.1. The van der Waals surface area contributed by atoms with Crippen LogP contribution in [0.15, 0.2) is 54.6 Å². The highest BCUT2D eigenvalue weighted by molar-refractivity contribution is 7.16. The van der Waals surface area contributed by atoms with Gasteiger partial charge >= 0.3 is 0 Å². The molecule has 0 atom stereocenters. The average Bonchev–Trinajstić information content (AvgIpc) is 3.01. The summed E-state index contributed by atoms with van der Waals surface area (Å²) in [5, 5.41) is 3.98. The molecule has 0 fully saturated rings. The number of thiazole rings is 1. The van der Waals surface area contributed by atoms with Gasteiger partial charge in [-0.15, -0.1) is 11.3 Å². The van der Waals surface area contributed by atoms with E-state index in [1.807, 2.05) is 49.4 Å². The Kier molecular flexibility index (Phi) is 5.81. The summed E-state index contributed by atoms with van der Waals surface area (Å²) in [5.41, 5.74) is 2.39. The lowest BCUT2D eigenvalue weighted by Gasteiger charge is -2.02. The van der Waals surface area contributed by atoms with Crippen LogP contribution in [0.1, 0.15) is 28.1 Å². The van der Waals surface area contributed by atoms with Crippen LogP contribution in [0, 0.1) is 6.92 Å².